The number of piperidine rings is 1. The molecule has 0 bridgehead atoms. The summed E-state index contributed by atoms with van der Waals surface area (Å²) in [6.45, 7) is 3.87. The van der Waals surface area contributed by atoms with E-state index in [2.05, 4.69) is 33.9 Å². The lowest BCUT2D eigenvalue weighted by atomic mass is 9.90. The third kappa shape index (κ3) is 4.97. The molecule has 3 heterocycles. The third-order valence-corrected chi connectivity index (χ3v) is 8.85. The minimum atomic E-state index is -0.996. The highest BCUT2D eigenvalue weighted by Gasteiger charge is 2.47. The number of amides is 1. The van der Waals surface area contributed by atoms with Gasteiger partial charge in [-0.15, -0.1) is 0 Å². The van der Waals surface area contributed by atoms with Crippen LogP contribution in [0.3, 0.4) is 0 Å². The van der Waals surface area contributed by atoms with Crippen molar-refractivity contribution in [2.45, 2.75) is 44.4 Å². The largest absolute Gasteiger partial charge is 0.478 e. The minimum Gasteiger partial charge on any atom is -0.478 e. The number of carboxylic acids is 1. The van der Waals surface area contributed by atoms with E-state index in [9.17, 15) is 19.1 Å². The molecule has 7 nitrogen and oxygen atoms in total. The molecule has 210 valence electrons. The number of hydrogen-bond donors (Lipinski definition) is 1. The van der Waals surface area contributed by atoms with Crippen LogP contribution in [0.4, 0.5) is 14.9 Å². The Hall–Kier alpha value is -4.17. The van der Waals surface area contributed by atoms with Gasteiger partial charge in [0, 0.05) is 61.8 Å². The molecule has 3 fully saturated rings. The number of hydrogen-bond acceptors (Lipinski definition) is 4. The Morgan fingerprint density at radius 3 is 2.41 bits per heavy atom. The van der Waals surface area contributed by atoms with Crippen LogP contribution in [-0.2, 0) is 17.8 Å². The summed E-state index contributed by atoms with van der Waals surface area (Å²) in [4.78, 5) is 28.1. The van der Waals surface area contributed by atoms with E-state index in [4.69, 9.17) is 4.74 Å². The van der Waals surface area contributed by atoms with Crippen molar-refractivity contribution in [2.75, 3.05) is 24.5 Å². The summed E-state index contributed by atoms with van der Waals surface area (Å²) in [5, 5.41) is 10.4. The summed E-state index contributed by atoms with van der Waals surface area (Å²) in [5.41, 5.74) is 4.90. The lowest BCUT2D eigenvalue weighted by Crippen LogP contribution is -2.46. The van der Waals surface area contributed by atoms with E-state index in [0.29, 0.717) is 12.2 Å². The molecule has 1 spiro atoms. The Labute approximate surface area is 237 Å². The second-order valence-electron chi connectivity index (χ2n) is 11.7. The van der Waals surface area contributed by atoms with Gasteiger partial charge in [0.15, 0.2) is 0 Å². The van der Waals surface area contributed by atoms with Crippen molar-refractivity contribution in [2.24, 2.45) is 5.92 Å². The number of ether oxygens (including phenoxy) is 1. The van der Waals surface area contributed by atoms with E-state index in [1.165, 1.54) is 53.6 Å². The molecule has 4 aromatic rings. The molecule has 0 unspecified atom stereocenters. The first-order valence-corrected chi connectivity index (χ1v) is 14.3. The highest BCUT2D eigenvalue weighted by molar-refractivity contribution is 5.98. The molecular formula is C33H32FN3O4. The average molecular weight is 554 g/mol. The van der Waals surface area contributed by atoms with E-state index in [1.54, 1.807) is 17.0 Å². The molecule has 1 aromatic heterocycles. The van der Waals surface area contributed by atoms with E-state index < -0.39 is 11.6 Å². The van der Waals surface area contributed by atoms with Gasteiger partial charge in [-0.2, -0.15) is 0 Å². The number of carboxylic acid groups (broad SMARTS) is 1. The first-order chi connectivity index (χ1) is 19.9. The zero-order valence-electron chi connectivity index (χ0n) is 22.8. The molecule has 7 rings (SSSR count). The Balaban J connectivity index is 1.10. The highest BCUT2D eigenvalue weighted by atomic mass is 19.1. The number of aromatic carboxylic acids is 1. The minimum absolute atomic E-state index is 0.186. The van der Waals surface area contributed by atoms with Gasteiger partial charge < -0.3 is 14.4 Å². The summed E-state index contributed by atoms with van der Waals surface area (Å²) in [6.07, 6.45) is 5.94. The standard InChI is InChI=1S/C33H32FN3O4/c34-26-10-6-23(7-11-26)28-2-1-3-29-30(28)25(20-36(29)18-22-4-5-22)19-35-16-14-33(15-17-35)21-37(32(40)41-33)27-12-8-24(9-13-27)31(38)39/h1-3,6-13,20,22H,4-5,14-19,21H2,(H,38,39). The third-order valence-electron chi connectivity index (χ3n) is 8.85. The van der Waals surface area contributed by atoms with E-state index in [0.717, 1.165) is 56.1 Å². The van der Waals surface area contributed by atoms with Gasteiger partial charge in [0.05, 0.1) is 12.1 Å². The van der Waals surface area contributed by atoms with Crippen LogP contribution in [0.25, 0.3) is 22.0 Å². The number of halogens is 1. The van der Waals surface area contributed by atoms with Gasteiger partial charge in [-0.3, -0.25) is 9.80 Å². The topological polar surface area (TPSA) is 75.0 Å². The summed E-state index contributed by atoms with van der Waals surface area (Å²) in [6, 6.07) is 19.5. The van der Waals surface area contributed by atoms with Crippen LogP contribution < -0.4 is 4.90 Å². The lowest BCUT2D eigenvalue weighted by molar-refractivity contribution is -0.000899. The number of fused-ring (bicyclic) bond motifs is 1. The predicted octanol–water partition coefficient (Wildman–Crippen LogP) is 6.55. The maximum absolute atomic E-state index is 13.7. The zero-order valence-corrected chi connectivity index (χ0v) is 22.8. The van der Waals surface area contributed by atoms with E-state index >= 15 is 0 Å². The van der Waals surface area contributed by atoms with Crippen LogP contribution in [0.5, 0.6) is 0 Å². The first kappa shape index (κ1) is 25.8. The van der Waals surface area contributed by atoms with Crippen LogP contribution in [0.15, 0.2) is 72.9 Å². The number of carbonyl (C=O) groups excluding carboxylic acids is 1. The van der Waals surface area contributed by atoms with Crippen LogP contribution in [0.2, 0.25) is 0 Å². The molecule has 41 heavy (non-hydrogen) atoms. The molecule has 1 saturated carbocycles. The maximum Gasteiger partial charge on any atom is 0.415 e. The zero-order chi connectivity index (χ0) is 28.1. The monoisotopic (exact) mass is 553 g/mol. The van der Waals surface area contributed by atoms with Crippen molar-refractivity contribution >= 4 is 28.7 Å². The molecule has 0 atom stereocenters. The average Bonchev–Trinajstić information content (AvgIpc) is 3.65. The molecule has 1 aliphatic carbocycles. The smallest absolute Gasteiger partial charge is 0.415 e. The van der Waals surface area contributed by atoms with Gasteiger partial charge in [-0.1, -0.05) is 24.3 Å². The number of nitrogens with zero attached hydrogens (tertiary/aromatic N) is 3. The molecule has 1 amide bonds. The van der Waals surface area contributed by atoms with E-state index in [-0.39, 0.29) is 17.5 Å². The second-order valence-corrected chi connectivity index (χ2v) is 11.7. The summed E-state index contributed by atoms with van der Waals surface area (Å²) < 4.78 is 22.1. The fourth-order valence-corrected chi connectivity index (χ4v) is 6.38. The number of rotatable bonds is 7. The van der Waals surface area contributed by atoms with Gasteiger partial charge in [0.25, 0.3) is 0 Å². The molecule has 1 N–H and O–H groups in total. The Morgan fingerprint density at radius 2 is 1.73 bits per heavy atom. The van der Waals surface area contributed by atoms with Crippen LogP contribution in [-0.4, -0.2) is 51.9 Å². The maximum atomic E-state index is 13.7. The molecule has 2 aliphatic heterocycles. The number of likely N-dealkylation sites (tertiary alicyclic amines) is 1. The van der Waals surface area contributed by atoms with Crippen molar-refractivity contribution in [1.82, 2.24) is 9.47 Å². The van der Waals surface area contributed by atoms with E-state index in [1.807, 2.05) is 12.1 Å². The van der Waals surface area contributed by atoms with Crippen molar-refractivity contribution in [1.29, 1.82) is 0 Å². The van der Waals surface area contributed by atoms with Crippen LogP contribution in [0.1, 0.15) is 41.6 Å². The number of aromatic nitrogens is 1. The number of anilines is 1. The molecule has 0 radical (unpaired) electrons. The summed E-state index contributed by atoms with van der Waals surface area (Å²) in [5.74, 6) is -0.494. The van der Waals surface area contributed by atoms with Crippen molar-refractivity contribution in [3.8, 4) is 11.1 Å². The SMILES string of the molecule is O=C(O)c1ccc(N2CC3(CCN(Cc4cn(CC5CC5)c5cccc(-c6ccc(F)cc6)c45)CC3)OC2=O)cc1. The van der Waals surface area contributed by atoms with Gasteiger partial charge in [0.1, 0.15) is 11.4 Å². The predicted molar refractivity (Wildman–Crippen MR) is 155 cm³/mol. The normalized spacial score (nSPS) is 18.8. The highest BCUT2D eigenvalue weighted by Crippen LogP contribution is 2.39. The second kappa shape index (κ2) is 10.0. The number of benzene rings is 3. The number of carbonyl (C=O) groups is 2. The fraction of sp³-hybridized carbons (Fsp3) is 0.333. The molecule has 2 saturated heterocycles. The summed E-state index contributed by atoms with van der Waals surface area (Å²) in [7, 11) is 0. The Morgan fingerprint density at radius 1 is 1.00 bits per heavy atom. The molecule has 3 aromatic carbocycles. The molecule has 3 aliphatic rings. The summed E-state index contributed by atoms with van der Waals surface area (Å²) >= 11 is 0. The molecule has 8 heteroatoms. The fourth-order valence-electron chi connectivity index (χ4n) is 6.38. The van der Waals surface area contributed by atoms with Crippen LogP contribution in [0, 0.1) is 11.7 Å². The van der Waals surface area contributed by atoms with Gasteiger partial charge in [-0.05, 0) is 77.9 Å². The van der Waals surface area contributed by atoms with Gasteiger partial charge >= 0.3 is 12.1 Å². The van der Waals surface area contributed by atoms with Crippen molar-refractivity contribution < 1.29 is 23.8 Å². The van der Waals surface area contributed by atoms with Crippen molar-refractivity contribution in [3.05, 3.63) is 89.9 Å². The van der Waals surface area contributed by atoms with Crippen LogP contribution >= 0.6 is 0 Å². The van der Waals surface area contributed by atoms with Gasteiger partial charge in [0.2, 0.25) is 0 Å². The lowest BCUT2D eigenvalue weighted by Gasteiger charge is -2.37. The Bertz CT molecular complexity index is 1620. The van der Waals surface area contributed by atoms with Gasteiger partial charge in [-0.25, -0.2) is 14.0 Å². The first-order valence-electron chi connectivity index (χ1n) is 14.3. The Kier molecular flexibility index (Phi) is 6.31. The quantitative estimate of drug-likeness (QED) is 0.281. The van der Waals surface area contributed by atoms with Crippen molar-refractivity contribution in [3.63, 3.8) is 0 Å². The molecular weight excluding hydrogens is 521 g/mol.